The first-order chi connectivity index (χ1) is 11.1. The summed E-state index contributed by atoms with van der Waals surface area (Å²) in [5.41, 5.74) is 6.48. The molecule has 1 heterocycles. The number of amides is 1. The van der Waals surface area contributed by atoms with Crippen LogP contribution >= 0.6 is 11.6 Å². The van der Waals surface area contributed by atoms with E-state index in [1.165, 1.54) is 0 Å². The zero-order chi connectivity index (χ0) is 16.2. The number of hydrazone groups is 1. The van der Waals surface area contributed by atoms with Crippen molar-refractivity contribution in [3.8, 4) is 0 Å². The highest BCUT2D eigenvalue weighted by molar-refractivity contribution is 6.33. The number of carbonyl (C=O) groups is 1. The second kappa shape index (κ2) is 6.84. The molecule has 0 unspecified atom stereocenters. The lowest BCUT2D eigenvalue weighted by atomic mass is 10.1. The van der Waals surface area contributed by atoms with E-state index in [1.54, 1.807) is 0 Å². The lowest BCUT2D eigenvalue weighted by Gasteiger charge is -2.16. The fourth-order valence-corrected chi connectivity index (χ4v) is 2.76. The van der Waals surface area contributed by atoms with Gasteiger partial charge in [0.15, 0.2) is 0 Å². The predicted molar refractivity (Wildman–Crippen MR) is 95.3 cm³/mol. The summed E-state index contributed by atoms with van der Waals surface area (Å²) in [6.07, 6.45) is 1.55. The first-order valence-corrected chi connectivity index (χ1v) is 7.98. The summed E-state index contributed by atoms with van der Waals surface area (Å²) in [5, 5.41) is 5.02. The van der Waals surface area contributed by atoms with Crippen LogP contribution in [0.3, 0.4) is 0 Å². The molecule has 5 heteroatoms. The van der Waals surface area contributed by atoms with Crippen LogP contribution < -0.4 is 10.3 Å². The van der Waals surface area contributed by atoms with Crippen molar-refractivity contribution >= 4 is 34.6 Å². The molecular formula is C18H18ClN3O. The Hall–Kier alpha value is -2.33. The average Bonchev–Trinajstić information content (AvgIpc) is 3.00. The Morgan fingerprint density at radius 1 is 1.22 bits per heavy atom. The summed E-state index contributed by atoms with van der Waals surface area (Å²) < 4.78 is 0. The van der Waals surface area contributed by atoms with Crippen molar-refractivity contribution in [1.82, 2.24) is 0 Å². The van der Waals surface area contributed by atoms with E-state index in [4.69, 9.17) is 11.6 Å². The van der Waals surface area contributed by atoms with Gasteiger partial charge in [0, 0.05) is 18.7 Å². The fourth-order valence-electron chi connectivity index (χ4n) is 2.58. The summed E-state index contributed by atoms with van der Waals surface area (Å²) in [6.45, 7) is 2.71. The normalized spacial score (nSPS) is 15.1. The number of rotatable bonds is 4. The molecule has 118 valence electrons. The van der Waals surface area contributed by atoms with Crippen LogP contribution in [0, 0.1) is 0 Å². The van der Waals surface area contributed by atoms with Crippen LogP contribution in [0.4, 0.5) is 11.4 Å². The SMILES string of the molecule is C/C(=N/Nc1ccccc1Cl)c1cccc(N2CCCC2=O)c1. The van der Waals surface area contributed by atoms with Crippen LogP contribution in [0.15, 0.2) is 53.6 Å². The number of para-hydroxylation sites is 1. The van der Waals surface area contributed by atoms with Crippen LogP contribution in [0.25, 0.3) is 0 Å². The smallest absolute Gasteiger partial charge is 0.227 e. The highest BCUT2D eigenvalue weighted by atomic mass is 35.5. The molecule has 1 fully saturated rings. The van der Waals surface area contributed by atoms with Crippen molar-refractivity contribution in [3.05, 3.63) is 59.1 Å². The van der Waals surface area contributed by atoms with E-state index in [0.717, 1.165) is 35.6 Å². The third-order valence-electron chi connectivity index (χ3n) is 3.87. The molecule has 1 saturated heterocycles. The van der Waals surface area contributed by atoms with Crippen molar-refractivity contribution in [2.24, 2.45) is 5.10 Å². The number of hydrogen-bond acceptors (Lipinski definition) is 3. The Balaban J connectivity index is 1.79. The Morgan fingerprint density at radius 2 is 2.04 bits per heavy atom. The average molecular weight is 328 g/mol. The molecule has 2 aromatic rings. The Labute approximate surface area is 140 Å². The number of carbonyl (C=O) groups excluding carboxylic acids is 1. The minimum absolute atomic E-state index is 0.186. The largest absolute Gasteiger partial charge is 0.312 e. The molecule has 0 aliphatic carbocycles. The Morgan fingerprint density at radius 3 is 2.78 bits per heavy atom. The molecular weight excluding hydrogens is 310 g/mol. The molecule has 0 bridgehead atoms. The third kappa shape index (κ3) is 3.54. The van der Waals surface area contributed by atoms with Gasteiger partial charge in [0.05, 0.1) is 16.4 Å². The molecule has 2 aromatic carbocycles. The van der Waals surface area contributed by atoms with Crippen molar-refractivity contribution in [3.63, 3.8) is 0 Å². The number of halogens is 1. The lowest BCUT2D eigenvalue weighted by Crippen LogP contribution is -2.23. The number of nitrogens with zero attached hydrogens (tertiary/aromatic N) is 2. The fraction of sp³-hybridized carbons (Fsp3) is 0.222. The summed E-state index contributed by atoms with van der Waals surface area (Å²) in [6, 6.07) is 15.4. The lowest BCUT2D eigenvalue weighted by molar-refractivity contribution is -0.117. The van der Waals surface area contributed by atoms with Crippen molar-refractivity contribution in [1.29, 1.82) is 0 Å². The van der Waals surface area contributed by atoms with Gasteiger partial charge in [-0.15, -0.1) is 0 Å². The van der Waals surface area contributed by atoms with Gasteiger partial charge >= 0.3 is 0 Å². The highest BCUT2D eigenvalue weighted by Crippen LogP contribution is 2.23. The van der Waals surface area contributed by atoms with E-state index in [1.807, 2.05) is 60.4 Å². The van der Waals surface area contributed by atoms with Crippen molar-refractivity contribution in [2.45, 2.75) is 19.8 Å². The zero-order valence-corrected chi connectivity index (χ0v) is 13.7. The molecule has 4 nitrogen and oxygen atoms in total. The molecule has 23 heavy (non-hydrogen) atoms. The second-order valence-electron chi connectivity index (χ2n) is 5.49. The van der Waals surface area contributed by atoms with Gasteiger partial charge < -0.3 is 4.90 Å². The molecule has 0 aromatic heterocycles. The van der Waals surface area contributed by atoms with Crippen LogP contribution in [0.1, 0.15) is 25.3 Å². The number of hydrogen-bond donors (Lipinski definition) is 1. The van der Waals surface area contributed by atoms with Crippen LogP contribution in [-0.2, 0) is 4.79 Å². The van der Waals surface area contributed by atoms with E-state index in [0.29, 0.717) is 11.4 Å². The maximum atomic E-state index is 11.9. The molecule has 1 N–H and O–H groups in total. The predicted octanol–water partition coefficient (Wildman–Crippen LogP) is 4.30. The van der Waals surface area contributed by atoms with E-state index < -0.39 is 0 Å². The first kappa shape index (κ1) is 15.6. The topological polar surface area (TPSA) is 44.7 Å². The number of anilines is 2. The van der Waals surface area contributed by atoms with E-state index in [-0.39, 0.29) is 5.91 Å². The standard InChI is InChI=1S/C18H18ClN3O/c1-13(20-21-17-9-3-2-8-16(17)19)14-6-4-7-15(12-14)22-11-5-10-18(22)23/h2-4,6-9,12,21H,5,10-11H2,1H3/b20-13-. The van der Waals surface area contributed by atoms with Gasteiger partial charge in [0.25, 0.3) is 0 Å². The monoisotopic (exact) mass is 327 g/mol. The van der Waals surface area contributed by atoms with Gasteiger partial charge in [-0.1, -0.05) is 35.9 Å². The molecule has 0 saturated carbocycles. The van der Waals surface area contributed by atoms with Crippen LogP contribution in [-0.4, -0.2) is 18.2 Å². The van der Waals surface area contributed by atoms with E-state index >= 15 is 0 Å². The van der Waals surface area contributed by atoms with Crippen molar-refractivity contribution in [2.75, 3.05) is 16.9 Å². The third-order valence-corrected chi connectivity index (χ3v) is 4.20. The highest BCUT2D eigenvalue weighted by Gasteiger charge is 2.21. The van der Waals surface area contributed by atoms with Crippen molar-refractivity contribution < 1.29 is 4.79 Å². The quantitative estimate of drug-likeness (QED) is 0.672. The van der Waals surface area contributed by atoms with Crippen LogP contribution in [0.2, 0.25) is 5.02 Å². The summed E-state index contributed by atoms with van der Waals surface area (Å²) in [4.78, 5) is 13.7. The van der Waals surface area contributed by atoms with Gasteiger partial charge in [0.1, 0.15) is 0 Å². The molecule has 0 atom stereocenters. The van der Waals surface area contributed by atoms with E-state index in [9.17, 15) is 4.79 Å². The minimum atomic E-state index is 0.186. The van der Waals surface area contributed by atoms with Crippen LogP contribution in [0.5, 0.6) is 0 Å². The maximum absolute atomic E-state index is 11.9. The summed E-state index contributed by atoms with van der Waals surface area (Å²) in [5.74, 6) is 0.186. The Kier molecular flexibility index (Phi) is 4.63. The Bertz CT molecular complexity index is 757. The molecule has 3 rings (SSSR count). The minimum Gasteiger partial charge on any atom is -0.312 e. The number of nitrogens with one attached hydrogen (secondary N) is 1. The van der Waals surface area contributed by atoms with Gasteiger partial charge in [0.2, 0.25) is 5.91 Å². The molecule has 0 spiro atoms. The maximum Gasteiger partial charge on any atom is 0.227 e. The van der Waals surface area contributed by atoms with Gasteiger partial charge in [-0.25, -0.2) is 0 Å². The molecule has 1 aliphatic rings. The van der Waals surface area contributed by atoms with E-state index in [2.05, 4.69) is 10.5 Å². The summed E-state index contributed by atoms with van der Waals surface area (Å²) in [7, 11) is 0. The summed E-state index contributed by atoms with van der Waals surface area (Å²) >= 11 is 6.11. The second-order valence-corrected chi connectivity index (χ2v) is 5.90. The first-order valence-electron chi connectivity index (χ1n) is 7.61. The van der Waals surface area contributed by atoms with Gasteiger partial charge in [-0.2, -0.15) is 5.10 Å². The molecule has 1 amide bonds. The van der Waals surface area contributed by atoms with Gasteiger partial charge in [-0.3, -0.25) is 10.2 Å². The zero-order valence-electron chi connectivity index (χ0n) is 12.9. The molecule has 1 aliphatic heterocycles. The number of benzene rings is 2. The molecule has 0 radical (unpaired) electrons. The van der Waals surface area contributed by atoms with Gasteiger partial charge in [-0.05, 0) is 43.2 Å².